The summed E-state index contributed by atoms with van der Waals surface area (Å²) in [6.45, 7) is 1.45. The van der Waals surface area contributed by atoms with Gasteiger partial charge in [0.1, 0.15) is 5.01 Å². The lowest BCUT2D eigenvalue weighted by molar-refractivity contribution is -0.114. The Bertz CT molecular complexity index is 869. The molecule has 0 radical (unpaired) electrons. The molecule has 0 aliphatic rings. The van der Waals surface area contributed by atoms with Gasteiger partial charge < -0.3 is 5.32 Å². The minimum Gasteiger partial charge on any atom is -0.326 e. The van der Waals surface area contributed by atoms with Crippen LogP contribution in [-0.2, 0) is 4.79 Å². The number of carbonyl (C=O) groups is 1. The van der Waals surface area contributed by atoms with E-state index in [4.69, 9.17) is 0 Å². The number of nitrogens with zero attached hydrogens (tertiary/aromatic N) is 2. The van der Waals surface area contributed by atoms with Crippen molar-refractivity contribution in [3.05, 3.63) is 64.5 Å². The Labute approximate surface area is 130 Å². The Morgan fingerprint density at radius 1 is 1.27 bits per heavy atom. The van der Waals surface area contributed by atoms with E-state index < -0.39 is 0 Å². The fraction of sp³-hybridized carbons (Fsp3) is 0.0625. The van der Waals surface area contributed by atoms with E-state index in [1.54, 1.807) is 41.2 Å². The number of rotatable bonds is 3. The molecule has 0 unspecified atom stereocenters. The van der Waals surface area contributed by atoms with Gasteiger partial charge in [0.2, 0.25) is 5.91 Å². The highest BCUT2D eigenvalue weighted by atomic mass is 32.1. The predicted molar refractivity (Wildman–Crippen MR) is 87.5 cm³/mol. The van der Waals surface area contributed by atoms with E-state index in [2.05, 4.69) is 10.3 Å². The van der Waals surface area contributed by atoms with Crippen LogP contribution in [0.25, 0.3) is 16.3 Å². The van der Waals surface area contributed by atoms with Gasteiger partial charge in [0.05, 0.1) is 5.69 Å². The van der Waals surface area contributed by atoms with Crippen molar-refractivity contribution in [3.8, 4) is 16.3 Å². The molecule has 0 fully saturated rings. The van der Waals surface area contributed by atoms with Crippen molar-refractivity contribution in [3.63, 3.8) is 0 Å². The first-order valence-corrected chi connectivity index (χ1v) is 7.52. The van der Waals surface area contributed by atoms with Gasteiger partial charge >= 0.3 is 0 Å². The van der Waals surface area contributed by atoms with Crippen molar-refractivity contribution >= 4 is 22.9 Å². The van der Waals surface area contributed by atoms with Crippen LogP contribution in [0.5, 0.6) is 0 Å². The van der Waals surface area contributed by atoms with Gasteiger partial charge in [0, 0.05) is 42.0 Å². The zero-order valence-electron chi connectivity index (χ0n) is 11.8. The van der Waals surface area contributed by atoms with Gasteiger partial charge in [-0.05, 0) is 24.3 Å². The monoisotopic (exact) mass is 311 g/mol. The lowest BCUT2D eigenvalue weighted by atomic mass is 10.2. The Morgan fingerprint density at radius 3 is 2.86 bits per heavy atom. The van der Waals surface area contributed by atoms with E-state index in [1.807, 2.05) is 11.4 Å². The summed E-state index contributed by atoms with van der Waals surface area (Å²) in [5.41, 5.74) is 2.08. The van der Waals surface area contributed by atoms with Crippen molar-refractivity contribution in [2.45, 2.75) is 6.92 Å². The third kappa shape index (κ3) is 2.96. The van der Waals surface area contributed by atoms with E-state index in [1.165, 1.54) is 24.3 Å². The summed E-state index contributed by atoms with van der Waals surface area (Å²) in [6, 6.07) is 10.4. The predicted octanol–water partition coefficient (Wildman–Crippen LogP) is 2.92. The third-order valence-corrected chi connectivity index (χ3v) is 3.86. The summed E-state index contributed by atoms with van der Waals surface area (Å²) in [5.74, 6) is -0.152. The van der Waals surface area contributed by atoms with Crippen molar-refractivity contribution in [1.82, 2.24) is 9.55 Å². The molecule has 0 saturated carbocycles. The molecule has 0 aliphatic carbocycles. The van der Waals surface area contributed by atoms with Gasteiger partial charge in [0.15, 0.2) is 0 Å². The third-order valence-electron chi connectivity index (χ3n) is 3.04. The average Bonchev–Trinajstić information content (AvgIpc) is 3.01. The molecule has 2 heterocycles. The summed E-state index contributed by atoms with van der Waals surface area (Å²) in [6.07, 6.45) is 3.49. The second kappa shape index (κ2) is 5.95. The zero-order chi connectivity index (χ0) is 15.5. The molecule has 1 amide bonds. The fourth-order valence-electron chi connectivity index (χ4n) is 2.12. The van der Waals surface area contributed by atoms with Gasteiger partial charge in [-0.2, -0.15) is 0 Å². The van der Waals surface area contributed by atoms with Crippen LogP contribution in [-0.4, -0.2) is 15.5 Å². The van der Waals surface area contributed by atoms with Gasteiger partial charge in [-0.15, -0.1) is 11.3 Å². The molecule has 3 aromatic rings. The smallest absolute Gasteiger partial charge is 0.255 e. The van der Waals surface area contributed by atoms with Gasteiger partial charge in [-0.3, -0.25) is 14.2 Å². The fourth-order valence-corrected chi connectivity index (χ4v) is 2.75. The highest BCUT2D eigenvalue weighted by Crippen LogP contribution is 2.21. The number of anilines is 1. The number of amides is 1. The van der Waals surface area contributed by atoms with E-state index >= 15 is 0 Å². The molecular formula is C16H13N3O2S. The van der Waals surface area contributed by atoms with Crippen LogP contribution in [0.2, 0.25) is 0 Å². The van der Waals surface area contributed by atoms with E-state index in [9.17, 15) is 9.59 Å². The molecule has 0 saturated heterocycles. The number of aromatic nitrogens is 2. The van der Waals surface area contributed by atoms with E-state index in [-0.39, 0.29) is 11.5 Å². The molecule has 0 atom stereocenters. The number of thiazole rings is 1. The zero-order valence-corrected chi connectivity index (χ0v) is 12.6. The second-order valence-corrected chi connectivity index (χ2v) is 5.59. The van der Waals surface area contributed by atoms with Gasteiger partial charge in [0.25, 0.3) is 5.56 Å². The number of hydrogen-bond acceptors (Lipinski definition) is 4. The molecule has 6 heteroatoms. The normalized spacial score (nSPS) is 10.4. The Kier molecular flexibility index (Phi) is 3.84. The Morgan fingerprint density at radius 2 is 2.14 bits per heavy atom. The van der Waals surface area contributed by atoms with Crippen molar-refractivity contribution in [2.24, 2.45) is 0 Å². The largest absolute Gasteiger partial charge is 0.326 e. The van der Waals surface area contributed by atoms with Crippen LogP contribution in [0.15, 0.2) is 59.0 Å². The minimum absolute atomic E-state index is 0.139. The number of benzene rings is 1. The van der Waals surface area contributed by atoms with Crippen LogP contribution >= 0.6 is 11.3 Å². The topological polar surface area (TPSA) is 64.0 Å². The maximum Gasteiger partial charge on any atom is 0.255 e. The molecule has 2 aromatic heterocycles. The molecule has 0 bridgehead atoms. The van der Waals surface area contributed by atoms with Gasteiger partial charge in [-0.1, -0.05) is 6.07 Å². The molecule has 1 aromatic carbocycles. The number of nitrogens with one attached hydrogen (secondary N) is 1. The number of hydrogen-bond donors (Lipinski definition) is 1. The van der Waals surface area contributed by atoms with Crippen LogP contribution in [0.3, 0.4) is 0 Å². The summed E-state index contributed by atoms with van der Waals surface area (Å²) in [4.78, 5) is 27.5. The van der Waals surface area contributed by atoms with E-state index in [0.29, 0.717) is 11.4 Å². The number of pyridine rings is 1. The standard InChI is InChI=1S/C16H13N3O2S/c1-11(20)18-13-3-2-4-14(9-13)19-10-12(5-6-15(19)21)16-17-7-8-22-16/h2-10H,1H3,(H,18,20). The van der Waals surface area contributed by atoms with Crippen LogP contribution in [0.1, 0.15) is 6.92 Å². The summed E-state index contributed by atoms with van der Waals surface area (Å²) in [7, 11) is 0. The first-order valence-electron chi connectivity index (χ1n) is 6.64. The van der Waals surface area contributed by atoms with Crippen LogP contribution in [0.4, 0.5) is 5.69 Å². The molecule has 110 valence electrons. The first kappa shape index (κ1) is 14.2. The molecule has 3 rings (SSSR count). The maximum absolute atomic E-state index is 12.1. The lowest BCUT2D eigenvalue weighted by Gasteiger charge is -2.09. The van der Waals surface area contributed by atoms with Crippen molar-refractivity contribution in [1.29, 1.82) is 0 Å². The second-order valence-electron chi connectivity index (χ2n) is 4.69. The average molecular weight is 311 g/mol. The quantitative estimate of drug-likeness (QED) is 0.809. The van der Waals surface area contributed by atoms with Gasteiger partial charge in [-0.25, -0.2) is 4.98 Å². The van der Waals surface area contributed by atoms with Crippen molar-refractivity contribution in [2.75, 3.05) is 5.32 Å². The summed E-state index contributed by atoms with van der Waals surface area (Å²) < 4.78 is 1.54. The van der Waals surface area contributed by atoms with Crippen LogP contribution < -0.4 is 10.9 Å². The Hall–Kier alpha value is -2.73. The highest BCUT2D eigenvalue weighted by molar-refractivity contribution is 7.13. The lowest BCUT2D eigenvalue weighted by Crippen LogP contribution is -2.16. The summed E-state index contributed by atoms with van der Waals surface area (Å²) in [5, 5.41) is 5.46. The molecular weight excluding hydrogens is 298 g/mol. The SMILES string of the molecule is CC(=O)Nc1cccc(-n2cc(-c3nccs3)ccc2=O)c1. The van der Waals surface area contributed by atoms with Crippen LogP contribution in [0, 0.1) is 0 Å². The highest BCUT2D eigenvalue weighted by Gasteiger charge is 2.06. The number of carbonyl (C=O) groups excluding carboxylic acids is 1. The summed E-state index contributed by atoms with van der Waals surface area (Å²) >= 11 is 1.51. The molecule has 1 N–H and O–H groups in total. The minimum atomic E-state index is -0.152. The molecule has 5 nitrogen and oxygen atoms in total. The Balaban J connectivity index is 2.06. The first-order chi connectivity index (χ1) is 10.6. The molecule has 0 spiro atoms. The molecule has 0 aliphatic heterocycles. The van der Waals surface area contributed by atoms with Crippen molar-refractivity contribution < 1.29 is 4.79 Å². The van der Waals surface area contributed by atoms with E-state index in [0.717, 1.165) is 10.6 Å². The maximum atomic E-state index is 12.1. The molecule has 22 heavy (non-hydrogen) atoms.